The summed E-state index contributed by atoms with van der Waals surface area (Å²) in [5.74, 6) is 0.0157. The van der Waals surface area contributed by atoms with Crippen LogP contribution in [0.4, 0.5) is 4.79 Å². The minimum atomic E-state index is -0.569. The van der Waals surface area contributed by atoms with Gasteiger partial charge in [-0.2, -0.15) is 0 Å². The lowest BCUT2D eigenvalue weighted by Gasteiger charge is -2.41. The molecular formula is C17H32N2O3. The SMILES string of the molecule is CC(C)[C@H](NC(=O)OC(C)(C)C)C(=O)N1C(C)CCCC1C. The van der Waals surface area contributed by atoms with E-state index in [9.17, 15) is 9.59 Å². The van der Waals surface area contributed by atoms with E-state index in [1.807, 2.05) is 39.5 Å². The molecule has 128 valence electrons. The van der Waals surface area contributed by atoms with Gasteiger partial charge in [0.15, 0.2) is 0 Å². The first-order valence-corrected chi connectivity index (χ1v) is 8.34. The van der Waals surface area contributed by atoms with Gasteiger partial charge in [0.05, 0.1) is 0 Å². The van der Waals surface area contributed by atoms with Crippen LogP contribution < -0.4 is 5.32 Å². The first-order valence-electron chi connectivity index (χ1n) is 8.34. The van der Waals surface area contributed by atoms with E-state index < -0.39 is 17.7 Å². The van der Waals surface area contributed by atoms with Gasteiger partial charge in [-0.15, -0.1) is 0 Å². The summed E-state index contributed by atoms with van der Waals surface area (Å²) < 4.78 is 5.29. The summed E-state index contributed by atoms with van der Waals surface area (Å²) in [6.45, 7) is 13.5. The highest BCUT2D eigenvalue weighted by Crippen LogP contribution is 2.24. The molecular weight excluding hydrogens is 280 g/mol. The van der Waals surface area contributed by atoms with Crippen molar-refractivity contribution in [2.75, 3.05) is 0 Å². The summed E-state index contributed by atoms with van der Waals surface area (Å²) in [7, 11) is 0. The molecule has 1 aliphatic rings. The van der Waals surface area contributed by atoms with Gasteiger partial charge in [-0.05, 0) is 59.8 Å². The Hall–Kier alpha value is -1.26. The quantitative estimate of drug-likeness (QED) is 0.869. The second-order valence-corrected chi connectivity index (χ2v) is 7.74. The standard InChI is InChI=1S/C17H32N2O3/c1-11(2)14(18-16(21)22-17(5,6)7)15(20)19-12(3)9-8-10-13(19)4/h11-14H,8-10H2,1-7H3,(H,18,21)/t12?,13?,14-/m0/s1. The average molecular weight is 312 g/mol. The third-order valence-corrected chi connectivity index (χ3v) is 4.05. The topological polar surface area (TPSA) is 58.6 Å². The van der Waals surface area contributed by atoms with E-state index in [0.29, 0.717) is 0 Å². The number of hydrogen-bond acceptors (Lipinski definition) is 3. The van der Waals surface area contributed by atoms with Gasteiger partial charge in [0.25, 0.3) is 0 Å². The fourth-order valence-corrected chi connectivity index (χ4v) is 2.96. The molecule has 1 N–H and O–H groups in total. The van der Waals surface area contributed by atoms with E-state index in [-0.39, 0.29) is 23.9 Å². The Kier molecular flexibility index (Phi) is 6.27. The maximum Gasteiger partial charge on any atom is 0.408 e. The van der Waals surface area contributed by atoms with Crippen LogP contribution in [0.5, 0.6) is 0 Å². The van der Waals surface area contributed by atoms with Crippen molar-refractivity contribution < 1.29 is 14.3 Å². The van der Waals surface area contributed by atoms with Gasteiger partial charge in [-0.25, -0.2) is 4.79 Å². The maximum atomic E-state index is 12.9. The molecule has 0 aromatic carbocycles. The molecule has 0 aromatic rings. The number of piperidine rings is 1. The molecule has 0 radical (unpaired) electrons. The van der Waals surface area contributed by atoms with E-state index in [1.165, 1.54) is 0 Å². The van der Waals surface area contributed by atoms with Gasteiger partial charge < -0.3 is 15.0 Å². The van der Waals surface area contributed by atoms with E-state index in [1.54, 1.807) is 0 Å². The van der Waals surface area contributed by atoms with Gasteiger partial charge in [0, 0.05) is 12.1 Å². The van der Waals surface area contributed by atoms with Crippen molar-refractivity contribution in [1.82, 2.24) is 10.2 Å². The van der Waals surface area contributed by atoms with Gasteiger partial charge in [0.2, 0.25) is 5.91 Å². The first-order chi connectivity index (χ1) is 10.0. The van der Waals surface area contributed by atoms with Crippen LogP contribution in [0.3, 0.4) is 0 Å². The van der Waals surface area contributed by atoms with E-state index in [0.717, 1.165) is 19.3 Å². The van der Waals surface area contributed by atoms with Crippen LogP contribution in [0.1, 0.15) is 67.7 Å². The van der Waals surface area contributed by atoms with E-state index >= 15 is 0 Å². The van der Waals surface area contributed by atoms with Crippen LogP contribution in [-0.4, -0.2) is 40.6 Å². The summed E-state index contributed by atoms with van der Waals surface area (Å²) >= 11 is 0. The van der Waals surface area contributed by atoms with Crippen LogP contribution in [0.15, 0.2) is 0 Å². The molecule has 0 saturated carbocycles. The highest BCUT2D eigenvalue weighted by Gasteiger charge is 2.36. The molecule has 1 saturated heterocycles. The zero-order valence-corrected chi connectivity index (χ0v) is 15.1. The number of nitrogens with one attached hydrogen (secondary N) is 1. The third-order valence-electron chi connectivity index (χ3n) is 4.05. The number of alkyl carbamates (subject to hydrolysis) is 1. The average Bonchev–Trinajstić information content (AvgIpc) is 2.33. The highest BCUT2D eigenvalue weighted by atomic mass is 16.6. The summed E-state index contributed by atoms with van der Waals surface area (Å²) in [5.41, 5.74) is -0.569. The lowest BCUT2D eigenvalue weighted by Crippen LogP contribution is -2.57. The van der Waals surface area contributed by atoms with Crippen molar-refractivity contribution in [2.24, 2.45) is 5.92 Å². The minimum Gasteiger partial charge on any atom is -0.444 e. The molecule has 0 spiro atoms. The predicted molar refractivity (Wildman–Crippen MR) is 87.6 cm³/mol. The fourth-order valence-electron chi connectivity index (χ4n) is 2.96. The second-order valence-electron chi connectivity index (χ2n) is 7.74. The third kappa shape index (κ3) is 5.18. The largest absolute Gasteiger partial charge is 0.444 e. The molecule has 1 fully saturated rings. The maximum absolute atomic E-state index is 12.9. The number of carbonyl (C=O) groups excluding carboxylic acids is 2. The van der Waals surface area contributed by atoms with Crippen LogP contribution in [-0.2, 0) is 9.53 Å². The molecule has 1 heterocycles. The van der Waals surface area contributed by atoms with Gasteiger partial charge in [0.1, 0.15) is 11.6 Å². The zero-order valence-electron chi connectivity index (χ0n) is 15.1. The monoisotopic (exact) mass is 312 g/mol. The molecule has 0 bridgehead atoms. The first kappa shape index (κ1) is 18.8. The second kappa shape index (κ2) is 7.34. The Morgan fingerprint density at radius 2 is 1.64 bits per heavy atom. The molecule has 5 nitrogen and oxygen atoms in total. The van der Waals surface area contributed by atoms with Crippen molar-refractivity contribution in [3.63, 3.8) is 0 Å². The highest BCUT2D eigenvalue weighted by molar-refractivity contribution is 5.86. The van der Waals surface area contributed by atoms with Crippen molar-refractivity contribution in [3.05, 3.63) is 0 Å². The lowest BCUT2D eigenvalue weighted by atomic mass is 9.94. The van der Waals surface area contributed by atoms with Crippen LogP contribution in [0.25, 0.3) is 0 Å². The molecule has 0 aliphatic carbocycles. The lowest BCUT2D eigenvalue weighted by molar-refractivity contribution is -0.140. The van der Waals surface area contributed by atoms with Crippen molar-refractivity contribution in [3.8, 4) is 0 Å². The Balaban J connectivity index is 2.81. The minimum absolute atomic E-state index is 0.000518. The normalized spacial score (nSPS) is 24.1. The molecule has 0 aromatic heterocycles. The van der Waals surface area contributed by atoms with Crippen LogP contribution in [0.2, 0.25) is 0 Å². The van der Waals surface area contributed by atoms with E-state index in [2.05, 4.69) is 19.2 Å². The Labute approximate surface area is 134 Å². The Bertz CT molecular complexity index is 391. The molecule has 22 heavy (non-hydrogen) atoms. The summed E-state index contributed by atoms with van der Waals surface area (Å²) in [6, 6.07) is -0.103. The number of likely N-dealkylation sites (tertiary alicyclic amines) is 1. The summed E-state index contributed by atoms with van der Waals surface area (Å²) in [4.78, 5) is 26.9. The van der Waals surface area contributed by atoms with Gasteiger partial charge >= 0.3 is 6.09 Å². The Morgan fingerprint density at radius 1 is 1.14 bits per heavy atom. The molecule has 1 aliphatic heterocycles. The predicted octanol–water partition coefficient (Wildman–Crippen LogP) is 3.33. The molecule has 2 amide bonds. The van der Waals surface area contributed by atoms with Crippen LogP contribution >= 0.6 is 0 Å². The zero-order chi connectivity index (χ0) is 17.1. The molecule has 5 heteroatoms. The van der Waals surface area contributed by atoms with Crippen molar-refractivity contribution in [1.29, 1.82) is 0 Å². The van der Waals surface area contributed by atoms with Crippen molar-refractivity contribution >= 4 is 12.0 Å². The summed E-state index contributed by atoms with van der Waals surface area (Å²) in [6.07, 6.45) is 2.66. The smallest absolute Gasteiger partial charge is 0.408 e. The number of ether oxygens (including phenoxy) is 1. The molecule has 3 atom stereocenters. The van der Waals surface area contributed by atoms with E-state index in [4.69, 9.17) is 4.74 Å². The number of rotatable bonds is 3. The number of hydrogen-bond donors (Lipinski definition) is 1. The number of carbonyl (C=O) groups is 2. The van der Waals surface area contributed by atoms with Crippen LogP contribution in [0, 0.1) is 5.92 Å². The summed E-state index contributed by atoms with van der Waals surface area (Å²) in [5, 5.41) is 2.76. The van der Waals surface area contributed by atoms with Crippen molar-refractivity contribution in [2.45, 2.75) is 91.5 Å². The number of amides is 2. The Morgan fingerprint density at radius 3 is 2.05 bits per heavy atom. The molecule has 1 rings (SSSR count). The number of nitrogens with zero attached hydrogens (tertiary/aromatic N) is 1. The molecule has 2 unspecified atom stereocenters. The van der Waals surface area contributed by atoms with Gasteiger partial charge in [-0.1, -0.05) is 13.8 Å². The fraction of sp³-hybridized carbons (Fsp3) is 0.882. The van der Waals surface area contributed by atoms with Gasteiger partial charge in [-0.3, -0.25) is 4.79 Å².